The molecule has 1 heterocycles. The van der Waals surface area contributed by atoms with Crippen LogP contribution in [0.2, 0.25) is 19.6 Å². The third kappa shape index (κ3) is 3.90. The molecule has 0 N–H and O–H groups in total. The van der Waals surface area contributed by atoms with Gasteiger partial charge in [-0.3, -0.25) is 4.68 Å². The van der Waals surface area contributed by atoms with Crippen molar-refractivity contribution in [3.63, 3.8) is 0 Å². The molecule has 1 aromatic carbocycles. The molecule has 1 aromatic heterocycles. The standard InChI is InChI=1S/C15H18N2Si/c1-18(2,3)10-9-15-11-16-17(13-15)12-14-7-5-4-6-8-14/h4-8,11,13H,12H2,1-3H3. The fourth-order valence-electron chi connectivity index (χ4n) is 1.54. The fourth-order valence-corrected chi connectivity index (χ4v) is 2.06. The molecule has 2 aromatic rings. The van der Waals surface area contributed by atoms with Gasteiger partial charge in [-0.25, -0.2) is 0 Å². The lowest BCUT2D eigenvalue weighted by molar-refractivity contribution is 0.687. The predicted molar refractivity (Wildman–Crippen MR) is 78.0 cm³/mol. The van der Waals surface area contributed by atoms with E-state index in [2.05, 4.69) is 48.3 Å². The lowest BCUT2D eigenvalue weighted by atomic mass is 10.2. The Morgan fingerprint density at radius 2 is 1.89 bits per heavy atom. The van der Waals surface area contributed by atoms with Crippen LogP contribution < -0.4 is 0 Å². The van der Waals surface area contributed by atoms with Crippen molar-refractivity contribution in [1.82, 2.24) is 9.78 Å². The zero-order chi connectivity index (χ0) is 13.0. The van der Waals surface area contributed by atoms with Gasteiger partial charge in [-0.05, 0) is 5.56 Å². The van der Waals surface area contributed by atoms with Gasteiger partial charge in [0.25, 0.3) is 0 Å². The Labute approximate surface area is 110 Å². The smallest absolute Gasteiger partial charge is 0.129 e. The summed E-state index contributed by atoms with van der Waals surface area (Å²) in [5.41, 5.74) is 5.61. The number of nitrogens with zero attached hydrogens (tertiary/aromatic N) is 2. The maximum absolute atomic E-state index is 4.34. The van der Waals surface area contributed by atoms with Gasteiger partial charge in [-0.2, -0.15) is 5.10 Å². The summed E-state index contributed by atoms with van der Waals surface area (Å²) in [6, 6.07) is 10.3. The Kier molecular flexibility index (Phi) is 3.68. The van der Waals surface area contributed by atoms with Crippen molar-refractivity contribution in [3.8, 4) is 11.5 Å². The molecule has 0 spiro atoms. The van der Waals surface area contributed by atoms with E-state index < -0.39 is 8.07 Å². The van der Waals surface area contributed by atoms with Crippen LogP contribution in [-0.4, -0.2) is 17.9 Å². The highest BCUT2D eigenvalue weighted by Gasteiger charge is 2.07. The summed E-state index contributed by atoms with van der Waals surface area (Å²) in [4.78, 5) is 0. The van der Waals surface area contributed by atoms with E-state index in [0.717, 1.165) is 12.1 Å². The molecule has 0 saturated heterocycles. The number of aromatic nitrogens is 2. The van der Waals surface area contributed by atoms with Gasteiger partial charge in [-0.1, -0.05) is 55.9 Å². The largest absolute Gasteiger partial charge is 0.267 e. The average Bonchev–Trinajstić information content (AvgIpc) is 2.75. The van der Waals surface area contributed by atoms with Crippen LogP contribution in [0.5, 0.6) is 0 Å². The molecule has 2 nitrogen and oxygen atoms in total. The molecule has 2 rings (SSSR count). The molecule has 0 unspecified atom stereocenters. The number of rotatable bonds is 2. The van der Waals surface area contributed by atoms with Crippen LogP contribution in [0.25, 0.3) is 0 Å². The molecule has 0 aliphatic rings. The van der Waals surface area contributed by atoms with E-state index in [-0.39, 0.29) is 0 Å². The zero-order valence-electron chi connectivity index (χ0n) is 11.1. The van der Waals surface area contributed by atoms with Gasteiger partial charge in [0.15, 0.2) is 0 Å². The molecule has 0 aliphatic carbocycles. The summed E-state index contributed by atoms with van der Waals surface area (Å²) in [5, 5.41) is 4.34. The lowest BCUT2D eigenvalue weighted by Gasteiger charge is -2.02. The van der Waals surface area contributed by atoms with E-state index in [4.69, 9.17) is 0 Å². The van der Waals surface area contributed by atoms with E-state index in [9.17, 15) is 0 Å². The Morgan fingerprint density at radius 1 is 1.17 bits per heavy atom. The van der Waals surface area contributed by atoms with E-state index in [1.807, 2.05) is 35.3 Å². The minimum atomic E-state index is -1.30. The summed E-state index contributed by atoms with van der Waals surface area (Å²) >= 11 is 0. The van der Waals surface area contributed by atoms with Crippen LogP contribution in [0.1, 0.15) is 11.1 Å². The van der Waals surface area contributed by atoms with Crippen LogP contribution in [-0.2, 0) is 6.54 Å². The monoisotopic (exact) mass is 254 g/mol. The molecule has 0 aliphatic heterocycles. The predicted octanol–water partition coefficient (Wildman–Crippen LogP) is 3.16. The van der Waals surface area contributed by atoms with Crippen molar-refractivity contribution >= 4 is 8.07 Å². The number of hydrogen-bond donors (Lipinski definition) is 0. The van der Waals surface area contributed by atoms with Crippen LogP contribution in [0.4, 0.5) is 0 Å². The van der Waals surface area contributed by atoms with Gasteiger partial charge < -0.3 is 0 Å². The van der Waals surface area contributed by atoms with Gasteiger partial charge in [0.05, 0.1) is 18.3 Å². The Hall–Kier alpha value is -1.79. The van der Waals surface area contributed by atoms with E-state index in [0.29, 0.717) is 0 Å². The molecule has 0 amide bonds. The average molecular weight is 254 g/mol. The van der Waals surface area contributed by atoms with Crippen molar-refractivity contribution in [1.29, 1.82) is 0 Å². The Bertz CT molecular complexity index is 568. The van der Waals surface area contributed by atoms with Crippen molar-refractivity contribution in [2.24, 2.45) is 0 Å². The molecule has 0 radical (unpaired) electrons. The summed E-state index contributed by atoms with van der Waals surface area (Å²) in [5.74, 6) is 3.22. The SMILES string of the molecule is C[Si](C)(C)C#Cc1cnn(Cc2ccccc2)c1. The molecule has 18 heavy (non-hydrogen) atoms. The Balaban J connectivity index is 2.09. The first-order valence-electron chi connectivity index (χ1n) is 6.12. The minimum Gasteiger partial charge on any atom is -0.267 e. The van der Waals surface area contributed by atoms with Crippen molar-refractivity contribution in [2.45, 2.75) is 26.2 Å². The molecule has 3 heteroatoms. The molecular formula is C15H18N2Si. The first kappa shape index (κ1) is 12.7. The van der Waals surface area contributed by atoms with Gasteiger partial charge in [0.2, 0.25) is 0 Å². The molecule has 0 bridgehead atoms. The van der Waals surface area contributed by atoms with Crippen LogP contribution in [0.3, 0.4) is 0 Å². The molecule has 92 valence electrons. The van der Waals surface area contributed by atoms with Crippen LogP contribution in [0.15, 0.2) is 42.7 Å². The van der Waals surface area contributed by atoms with E-state index >= 15 is 0 Å². The minimum absolute atomic E-state index is 0.801. The lowest BCUT2D eigenvalue weighted by Crippen LogP contribution is -2.16. The topological polar surface area (TPSA) is 17.8 Å². The molecule has 0 atom stereocenters. The van der Waals surface area contributed by atoms with Crippen LogP contribution >= 0.6 is 0 Å². The fraction of sp³-hybridized carbons (Fsp3) is 0.267. The third-order valence-electron chi connectivity index (χ3n) is 2.40. The summed E-state index contributed by atoms with van der Waals surface area (Å²) in [7, 11) is -1.30. The summed E-state index contributed by atoms with van der Waals surface area (Å²) in [6.07, 6.45) is 3.86. The summed E-state index contributed by atoms with van der Waals surface area (Å²) < 4.78 is 1.93. The first-order chi connectivity index (χ1) is 8.53. The highest BCUT2D eigenvalue weighted by molar-refractivity contribution is 6.83. The van der Waals surface area contributed by atoms with Crippen molar-refractivity contribution in [3.05, 3.63) is 53.9 Å². The molecular weight excluding hydrogens is 236 g/mol. The Morgan fingerprint density at radius 3 is 2.56 bits per heavy atom. The van der Waals surface area contributed by atoms with E-state index in [1.54, 1.807) is 0 Å². The second-order valence-corrected chi connectivity index (χ2v) is 10.2. The quantitative estimate of drug-likeness (QED) is 0.594. The van der Waals surface area contributed by atoms with Crippen molar-refractivity contribution < 1.29 is 0 Å². The van der Waals surface area contributed by atoms with Gasteiger partial charge in [0.1, 0.15) is 8.07 Å². The summed E-state index contributed by atoms with van der Waals surface area (Å²) in [6.45, 7) is 7.53. The molecule has 0 fully saturated rings. The van der Waals surface area contributed by atoms with Gasteiger partial charge in [-0.15, -0.1) is 5.54 Å². The maximum Gasteiger partial charge on any atom is 0.129 e. The second kappa shape index (κ2) is 5.24. The van der Waals surface area contributed by atoms with Gasteiger partial charge in [0, 0.05) is 6.20 Å². The van der Waals surface area contributed by atoms with Crippen LogP contribution in [0, 0.1) is 11.5 Å². The highest BCUT2D eigenvalue weighted by Crippen LogP contribution is 2.04. The maximum atomic E-state index is 4.34. The highest BCUT2D eigenvalue weighted by atomic mass is 28.3. The number of benzene rings is 1. The normalized spacial score (nSPS) is 10.8. The number of hydrogen-bond acceptors (Lipinski definition) is 1. The third-order valence-corrected chi connectivity index (χ3v) is 3.28. The van der Waals surface area contributed by atoms with E-state index in [1.165, 1.54) is 5.56 Å². The molecule has 0 saturated carbocycles. The second-order valence-electron chi connectivity index (χ2n) is 5.41. The zero-order valence-corrected chi connectivity index (χ0v) is 12.1. The van der Waals surface area contributed by atoms with Crippen molar-refractivity contribution in [2.75, 3.05) is 0 Å². The van der Waals surface area contributed by atoms with Gasteiger partial charge >= 0.3 is 0 Å². The first-order valence-corrected chi connectivity index (χ1v) is 9.62.